The molecule has 2 amide bonds. The lowest BCUT2D eigenvalue weighted by Gasteiger charge is -2.36. The highest BCUT2D eigenvalue weighted by Crippen LogP contribution is 2.33. The number of aromatic nitrogens is 4. The van der Waals surface area contributed by atoms with Crippen LogP contribution in [0.2, 0.25) is 0 Å². The average Bonchev–Trinajstić information content (AvgIpc) is 3.29. The van der Waals surface area contributed by atoms with Gasteiger partial charge in [0.25, 0.3) is 0 Å². The number of hydrogen-bond acceptors (Lipinski definition) is 6. The van der Waals surface area contributed by atoms with E-state index in [-0.39, 0.29) is 17.9 Å². The molecule has 0 saturated carbocycles. The van der Waals surface area contributed by atoms with Gasteiger partial charge in [-0.25, -0.2) is 9.97 Å². The van der Waals surface area contributed by atoms with Gasteiger partial charge in [-0.15, -0.1) is 0 Å². The van der Waals surface area contributed by atoms with Crippen molar-refractivity contribution in [2.75, 3.05) is 25.5 Å². The minimum absolute atomic E-state index is 0.0532. The van der Waals surface area contributed by atoms with Crippen molar-refractivity contribution >= 4 is 28.5 Å². The van der Waals surface area contributed by atoms with Gasteiger partial charge in [0.1, 0.15) is 5.82 Å². The van der Waals surface area contributed by atoms with Crippen molar-refractivity contribution in [1.82, 2.24) is 29.5 Å². The predicted octanol–water partition coefficient (Wildman–Crippen LogP) is 2.92. The lowest BCUT2D eigenvalue weighted by molar-refractivity contribution is -0.135. The summed E-state index contributed by atoms with van der Waals surface area (Å²) in [6.07, 6.45) is 5.81. The second-order valence-corrected chi connectivity index (χ2v) is 9.07. The van der Waals surface area contributed by atoms with Crippen molar-refractivity contribution in [3.05, 3.63) is 47.5 Å². The quantitative estimate of drug-likeness (QED) is 0.628. The maximum Gasteiger partial charge on any atom is 0.225 e. The van der Waals surface area contributed by atoms with Crippen LogP contribution in [0.5, 0.6) is 0 Å². The SMILES string of the molecule is CNc1nc(C2CCCCN2C(=O)CCn2ncc3ccccc32)nc2c1CCN(C(C)=O)C2. The number of carbonyl (C=O) groups excluding carboxylic acids is 2. The first-order valence-electron chi connectivity index (χ1n) is 12.1. The first-order chi connectivity index (χ1) is 16.5. The largest absolute Gasteiger partial charge is 0.373 e. The molecule has 0 spiro atoms. The van der Waals surface area contributed by atoms with E-state index in [9.17, 15) is 9.59 Å². The molecular weight excluding hydrogens is 430 g/mol. The van der Waals surface area contributed by atoms with Crippen molar-refractivity contribution in [2.45, 2.75) is 58.2 Å². The minimum Gasteiger partial charge on any atom is -0.373 e. The Morgan fingerprint density at radius 3 is 2.82 bits per heavy atom. The van der Waals surface area contributed by atoms with E-state index in [0.29, 0.717) is 38.4 Å². The fraction of sp³-hybridized carbons (Fsp3) is 0.480. The molecule has 0 bridgehead atoms. The van der Waals surface area contributed by atoms with E-state index in [0.717, 1.165) is 53.7 Å². The number of anilines is 1. The molecule has 34 heavy (non-hydrogen) atoms. The van der Waals surface area contributed by atoms with E-state index in [1.165, 1.54) is 0 Å². The number of hydrogen-bond donors (Lipinski definition) is 1. The molecule has 1 unspecified atom stereocenters. The molecule has 2 aliphatic heterocycles. The number of carbonyl (C=O) groups is 2. The second-order valence-electron chi connectivity index (χ2n) is 9.07. The smallest absolute Gasteiger partial charge is 0.225 e. The van der Waals surface area contributed by atoms with Gasteiger partial charge in [0.2, 0.25) is 11.8 Å². The highest BCUT2D eigenvalue weighted by molar-refractivity contribution is 5.79. The Morgan fingerprint density at radius 1 is 1.15 bits per heavy atom. The number of nitrogens with one attached hydrogen (secondary N) is 1. The van der Waals surface area contributed by atoms with Crippen LogP contribution in [-0.4, -0.2) is 61.5 Å². The topological polar surface area (TPSA) is 96.2 Å². The molecule has 1 atom stereocenters. The number of aryl methyl sites for hydroxylation is 1. The summed E-state index contributed by atoms with van der Waals surface area (Å²) in [6, 6.07) is 7.89. The summed E-state index contributed by atoms with van der Waals surface area (Å²) in [4.78, 5) is 38.8. The molecule has 2 aliphatic rings. The number of piperidine rings is 1. The van der Waals surface area contributed by atoms with Gasteiger partial charge in [0, 0.05) is 44.4 Å². The predicted molar refractivity (Wildman–Crippen MR) is 129 cm³/mol. The number of para-hydroxylation sites is 1. The van der Waals surface area contributed by atoms with Gasteiger partial charge in [-0.2, -0.15) is 5.10 Å². The summed E-state index contributed by atoms with van der Waals surface area (Å²) < 4.78 is 1.90. The summed E-state index contributed by atoms with van der Waals surface area (Å²) in [7, 11) is 1.86. The Hall–Kier alpha value is -3.49. The van der Waals surface area contributed by atoms with Crippen molar-refractivity contribution in [2.24, 2.45) is 0 Å². The Kier molecular flexibility index (Phi) is 6.17. The van der Waals surface area contributed by atoms with Crippen molar-refractivity contribution in [1.29, 1.82) is 0 Å². The Morgan fingerprint density at radius 2 is 2.00 bits per heavy atom. The average molecular weight is 462 g/mol. The van der Waals surface area contributed by atoms with Gasteiger partial charge in [-0.05, 0) is 31.7 Å². The van der Waals surface area contributed by atoms with Crippen molar-refractivity contribution in [3.63, 3.8) is 0 Å². The fourth-order valence-corrected chi connectivity index (χ4v) is 5.12. The third kappa shape index (κ3) is 4.22. The Labute approximate surface area is 199 Å². The number of rotatable bonds is 5. The van der Waals surface area contributed by atoms with Crippen LogP contribution < -0.4 is 5.32 Å². The molecule has 2 aromatic heterocycles. The van der Waals surface area contributed by atoms with Crippen LogP contribution in [0.25, 0.3) is 10.9 Å². The molecule has 0 aliphatic carbocycles. The number of likely N-dealkylation sites (tertiary alicyclic amines) is 1. The number of amides is 2. The summed E-state index contributed by atoms with van der Waals surface area (Å²) in [5.41, 5.74) is 3.00. The van der Waals surface area contributed by atoms with E-state index in [1.54, 1.807) is 6.92 Å². The van der Waals surface area contributed by atoms with E-state index in [4.69, 9.17) is 9.97 Å². The zero-order valence-corrected chi connectivity index (χ0v) is 19.8. The fourth-order valence-electron chi connectivity index (χ4n) is 5.12. The molecule has 1 N–H and O–H groups in total. The molecule has 4 heterocycles. The monoisotopic (exact) mass is 461 g/mol. The van der Waals surface area contributed by atoms with Gasteiger partial charge in [-0.1, -0.05) is 18.2 Å². The van der Waals surface area contributed by atoms with Gasteiger partial charge < -0.3 is 15.1 Å². The van der Waals surface area contributed by atoms with Crippen LogP contribution in [0.3, 0.4) is 0 Å². The molecule has 9 nitrogen and oxygen atoms in total. The number of fused-ring (bicyclic) bond motifs is 2. The van der Waals surface area contributed by atoms with Gasteiger partial charge >= 0.3 is 0 Å². The zero-order valence-electron chi connectivity index (χ0n) is 19.8. The van der Waals surface area contributed by atoms with Crippen LogP contribution in [-0.2, 0) is 29.1 Å². The summed E-state index contributed by atoms with van der Waals surface area (Å²) in [6.45, 7) is 4.00. The molecule has 0 radical (unpaired) electrons. The third-order valence-corrected chi connectivity index (χ3v) is 6.97. The third-order valence-electron chi connectivity index (χ3n) is 6.97. The van der Waals surface area contributed by atoms with Gasteiger partial charge in [0.05, 0.1) is 36.5 Å². The molecule has 1 aromatic carbocycles. The van der Waals surface area contributed by atoms with Crippen molar-refractivity contribution in [3.8, 4) is 0 Å². The molecule has 5 rings (SSSR count). The first kappa shape index (κ1) is 22.3. The summed E-state index contributed by atoms with van der Waals surface area (Å²) in [5, 5.41) is 8.75. The molecule has 178 valence electrons. The number of benzene rings is 1. The maximum atomic E-state index is 13.4. The van der Waals surface area contributed by atoms with Crippen LogP contribution in [0.4, 0.5) is 5.82 Å². The van der Waals surface area contributed by atoms with Crippen LogP contribution in [0.15, 0.2) is 30.5 Å². The van der Waals surface area contributed by atoms with E-state index >= 15 is 0 Å². The lowest BCUT2D eigenvalue weighted by atomic mass is 9.99. The molecular formula is C25H31N7O2. The molecule has 1 saturated heterocycles. The highest BCUT2D eigenvalue weighted by atomic mass is 16.2. The van der Waals surface area contributed by atoms with Crippen molar-refractivity contribution < 1.29 is 9.59 Å². The zero-order chi connectivity index (χ0) is 23.7. The minimum atomic E-state index is -0.152. The Balaban J connectivity index is 1.37. The first-order valence-corrected chi connectivity index (χ1v) is 12.1. The molecule has 3 aromatic rings. The molecule has 1 fully saturated rings. The second kappa shape index (κ2) is 9.40. The summed E-state index contributed by atoms with van der Waals surface area (Å²) in [5.74, 6) is 1.63. The lowest BCUT2D eigenvalue weighted by Crippen LogP contribution is -2.40. The normalized spacial score (nSPS) is 18.1. The van der Waals surface area contributed by atoms with E-state index < -0.39 is 0 Å². The van der Waals surface area contributed by atoms with E-state index in [2.05, 4.69) is 10.4 Å². The van der Waals surface area contributed by atoms with Crippen LogP contribution >= 0.6 is 0 Å². The Bertz CT molecular complexity index is 1220. The standard InChI is InChI=1S/C25H31N7O2/c1-17(33)30-13-10-19-20(16-30)28-25(29-24(19)26-2)22-9-5-6-12-31(22)23(34)11-14-32-21-8-4-3-7-18(21)15-27-32/h3-4,7-8,15,22H,5-6,9-14,16H2,1-2H3,(H,26,28,29). The highest BCUT2D eigenvalue weighted by Gasteiger charge is 2.32. The van der Waals surface area contributed by atoms with Gasteiger partial charge in [0.15, 0.2) is 5.82 Å². The molecule has 9 heteroatoms. The number of nitrogens with zero attached hydrogens (tertiary/aromatic N) is 6. The van der Waals surface area contributed by atoms with E-state index in [1.807, 2.05) is 52.0 Å². The maximum absolute atomic E-state index is 13.4. The summed E-state index contributed by atoms with van der Waals surface area (Å²) >= 11 is 0. The van der Waals surface area contributed by atoms with Crippen LogP contribution in [0.1, 0.15) is 55.7 Å². The van der Waals surface area contributed by atoms with Crippen LogP contribution in [0, 0.1) is 0 Å². The van der Waals surface area contributed by atoms with Gasteiger partial charge in [-0.3, -0.25) is 14.3 Å².